The number of carbonyl (C=O) groups is 1. The Morgan fingerprint density at radius 3 is 2.24 bits per heavy atom. The fourth-order valence-electron chi connectivity index (χ4n) is 1.86. The lowest BCUT2D eigenvalue weighted by Crippen LogP contribution is -1.89. The summed E-state index contributed by atoms with van der Waals surface area (Å²) in [6.45, 7) is 0. The van der Waals surface area contributed by atoms with E-state index in [0.29, 0.717) is 33.8 Å². The van der Waals surface area contributed by atoms with Gasteiger partial charge in [0.15, 0.2) is 6.29 Å². The van der Waals surface area contributed by atoms with Gasteiger partial charge in [-0.05, 0) is 12.1 Å². The van der Waals surface area contributed by atoms with E-state index in [-0.39, 0.29) is 0 Å². The van der Waals surface area contributed by atoms with Gasteiger partial charge in [0.1, 0.15) is 11.5 Å². The van der Waals surface area contributed by atoms with E-state index < -0.39 is 0 Å². The lowest BCUT2D eigenvalue weighted by molar-refractivity contribution is 0.112. The Kier molecular flexibility index (Phi) is 2.91. The van der Waals surface area contributed by atoms with Crippen LogP contribution in [0.4, 0.5) is 0 Å². The summed E-state index contributed by atoms with van der Waals surface area (Å²) in [6, 6.07) is 3.52. The van der Waals surface area contributed by atoms with Gasteiger partial charge in [0.2, 0.25) is 5.88 Å². The van der Waals surface area contributed by atoms with E-state index in [1.807, 2.05) is 0 Å². The van der Waals surface area contributed by atoms with Crippen molar-refractivity contribution in [3.63, 3.8) is 0 Å². The molecule has 1 N–H and O–H groups in total. The zero-order chi connectivity index (χ0) is 12.4. The Balaban J connectivity index is 2.88. The smallest absolute Gasteiger partial charge is 0.202 e. The van der Waals surface area contributed by atoms with Crippen molar-refractivity contribution in [1.82, 2.24) is 4.98 Å². The summed E-state index contributed by atoms with van der Waals surface area (Å²) in [5, 5.41) is 0.665. The van der Waals surface area contributed by atoms with E-state index in [2.05, 4.69) is 4.98 Å². The van der Waals surface area contributed by atoms with Gasteiger partial charge in [-0.25, -0.2) is 0 Å². The molecule has 0 spiro atoms. The number of ether oxygens (including phenoxy) is 3. The molecular weight excluding hydrogens is 222 g/mol. The monoisotopic (exact) mass is 235 g/mol. The SMILES string of the molecule is COc1[nH]c2c(OC)ccc(OC)c2c1C=O. The molecule has 0 aliphatic rings. The summed E-state index contributed by atoms with van der Waals surface area (Å²) in [5.41, 5.74) is 1.11. The number of aromatic nitrogens is 1. The van der Waals surface area contributed by atoms with E-state index in [1.165, 1.54) is 7.11 Å². The van der Waals surface area contributed by atoms with E-state index >= 15 is 0 Å². The number of fused-ring (bicyclic) bond motifs is 1. The molecule has 1 aromatic carbocycles. The second kappa shape index (κ2) is 4.37. The number of methoxy groups -OCH3 is 3. The largest absolute Gasteiger partial charge is 0.496 e. The quantitative estimate of drug-likeness (QED) is 0.823. The predicted molar refractivity (Wildman–Crippen MR) is 63.3 cm³/mol. The van der Waals surface area contributed by atoms with Crippen LogP contribution in [0, 0.1) is 0 Å². The van der Waals surface area contributed by atoms with Crippen LogP contribution in [-0.4, -0.2) is 32.6 Å². The van der Waals surface area contributed by atoms with E-state index in [1.54, 1.807) is 26.4 Å². The van der Waals surface area contributed by atoms with Crippen molar-refractivity contribution in [2.45, 2.75) is 0 Å². The Labute approximate surface area is 98.3 Å². The highest BCUT2D eigenvalue weighted by Crippen LogP contribution is 2.38. The molecule has 2 rings (SSSR count). The zero-order valence-electron chi connectivity index (χ0n) is 9.87. The maximum atomic E-state index is 11.1. The minimum atomic E-state index is 0.401. The topological polar surface area (TPSA) is 60.6 Å². The molecule has 5 heteroatoms. The maximum absolute atomic E-state index is 11.1. The van der Waals surface area contributed by atoms with Crippen molar-refractivity contribution in [3.05, 3.63) is 17.7 Å². The number of benzene rings is 1. The lowest BCUT2D eigenvalue weighted by Gasteiger charge is -2.05. The summed E-state index contributed by atoms with van der Waals surface area (Å²) in [4.78, 5) is 14.1. The van der Waals surface area contributed by atoms with Crippen LogP contribution >= 0.6 is 0 Å². The minimum absolute atomic E-state index is 0.401. The van der Waals surface area contributed by atoms with Crippen molar-refractivity contribution in [2.24, 2.45) is 0 Å². The van der Waals surface area contributed by atoms with Crippen LogP contribution in [0.25, 0.3) is 10.9 Å². The second-order valence-corrected chi connectivity index (χ2v) is 3.41. The molecule has 0 saturated carbocycles. The van der Waals surface area contributed by atoms with Crippen LogP contribution in [0.2, 0.25) is 0 Å². The predicted octanol–water partition coefficient (Wildman–Crippen LogP) is 2.01. The van der Waals surface area contributed by atoms with Gasteiger partial charge in [0.05, 0.1) is 37.8 Å². The number of hydrogen-bond donors (Lipinski definition) is 1. The first-order valence-corrected chi connectivity index (χ1v) is 5.02. The second-order valence-electron chi connectivity index (χ2n) is 3.41. The van der Waals surface area contributed by atoms with E-state index in [9.17, 15) is 4.79 Å². The number of nitrogens with one attached hydrogen (secondary N) is 1. The van der Waals surface area contributed by atoms with Crippen LogP contribution in [0.15, 0.2) is 12.1 Å². The minimum Gasteiger partial charge on any atom is -0.496 e. The first-order chi connectivity index (χ1) is 8.26. The van der Waals surface area contributed by atoms with Gasteiger partial charge in [-0.3, -0.25) is 4.79 Å². The molecule has 0 aliphatic carbocycles. The van der Waals surface area contributed by atoms with E-state index in [4.69, 9.17) is 14.2 Å². The lowest BCUT2D eigenvalue weighted by atomic mass is 10.1. The third-order valence-corrected chi connectivity index (χ3v) is 2.64. The molecule has 0 atom stereocenters. The Bertz CT molecular complexity index is 559. The van der Waals surface area contributed by atoms with Crippen LogP contribution < -0.4 is 14.2 Å². The van der Waals surface area contributed by atoms with Crippen molar-refractivity contribution in [3.8, 4) is 17.4 Å². The highest BCUT2D eigenvalue weighted by Gasteiger charge is 2.18. The molecule has 0 saturated heterocycles. The van der Waals surface area contributed by atoms with Crippen LogP contribution in [0.5, 0.6) is 17.4 Å². The van der Waals surface area contributed by atoms with Crippen LogP contribution in [0.3, 0.4) is 0 Å². The summed E-state index contributed by atoms with van der Waals surface area (Å²) in [5.74, 6) is 1.63. The normalized spacial score (nSPS) is 10.3. The van der Waals surface area contributed by atoms with Crippen LogP contribution in [0.1, 0.15) is 10.4 Å². The van der Waals surface area contributed by atoms with Crippen LogP contribution in [-0.2, 0) is 0 Å². The molecule has 0 unspecified atom stereocenters. The molecule has 0 radical (unpaired) electrons. The van der Waals surface area contributed by atoms with Crippen molar-refractivity contribution in [1.29, 1.82) is 0 Å². The molecule has 0 aliphatic heterocycles. The summed E-state index contributed by atoms with van der Waals surface area (Å²) >= 11 is 0. The maximum Gasteiger partial charge on any atom is 0.202 e. The Morgan fingerprint density at radius 1 is 1.06 bits per heavy atom. The molecular formula is C12H13NO4. The molecule has 90 valence electrons. The first-order valence-electron chi connectivity index (χ1n) is 5.02. The number of carbonyl (C=O) groups excluding carboxylic acids is 1. The van der Waals surface area contributed by atoms with Gasteiger partial charge in [-0.2, -0.15) is 0 Å². The number of rotatable bonds is 4. The molecule has 5 nitrogen and oxygen atoms in total. The molecule has 1 heterocycles. The van der Waals surface area contributed by atoms with Gasteiger partial charge in [-0.1, -0.05) is 0 Å². The van der Waals surface area contributed by atoms with Crippen molar-refractivity contribution < 1.29 is 19.0 Å². The van der Waals surface area contributed by atoms with Crippen molar-refractivity contribution >= 4 is 17.2 Å². The highest BCUT2D eigenvalue weighted by atomic mass is 16.5. The average Bonchev–Trinajstić information content (AvgIpc) is 2.76. The molecule has 0 amide bonds. The van der Waals surface area contributed by atoms with Gasteiger partial charge < -0.3 is 19.2 Å². The Hall–Kier alpha value is -2.17. The summed E-state index contributed by atoms with van der Waals surface area (Å²) in [6.07, 6.45) is 0.736. The number of aldehydes is 1. The molecule has 1 aromatic heterocycles. The number of H-pyrrole nitrogens is 1. The number of aromatic amines is 1. The fourth-order valence-corrected chi connectivity index (χ4v) is 1.86. The number of hydrogen-bond acceptors (Lipinski definition) is 4. The molecule has 0 bridgehead atoms. The third-order valence-electron chi connectivity index (χ3n) is 2.64. The Morgan fingerprint density at radius 2 is 1.71 bits per heavy atom. The third kappa shape index (κ3) is 1.60. The van der Waals surface area contributed by atoms with Gasteiger partial charge in [0, 0.05) is 0 Å². The average molecular weight is 235 g/mol. The molecule has 2 aromatic rings. The first kappa shape index (κ1) is 11.3. The van der Waals surface area contributed by atoms with Gasteiger partial charge in [-0.15, -0.1) is 0 Å². The highest BCUT2D eigenvalue weighted by molar-refractivity contribution is 6.05. The van der Waals surface area contributed by atoms with Gasteiger partial charge in [0.25, 0.3) is 0 Å². The summed E-state index contributed by atoms with van der Waals surface area (Å²) < 4.78 is 15.6. The molecule has 17 heavy (non-hydrogen) atoms. The van der Waals surface area contributed by atoms with E-state index in [0.717, 1.165) is 6.29 Å². The van der Waals surface area contributed by atoms with Gasteiger partial charge >= 0.3 is 0 Å². The summed E-state index contributed by atoms with van der Waals surface area (Å²) in [7, 11) is 4.61. The zero-order valence-corrected chi connectivity index (χ0v) is 9.87. The molecule has 0 fully saturated rings. The standard InChI is InChI=1S/C12H13NO4/c1-15-8-4-5-9(16-2)11-10(8)7(6-14)12(13-11)17-3/h4-6,13H,1-3H3. The fraction of sp³-hybridized carbons (Fsp3) is 0.250. The van der Waals surface area contributed by atoms with Crippen molar-refractivity contribution in [2.75, 3.05) is 21.3 Å².